The number of imidazole rings is 1. The lowest BCUT2D eigenvalue weighted by atomic mass is 10.0. The first kappa shape index (κ1) is 32.8. The summed E-state index contributed by atoms with van der Waals surface area (Å²) in [4.78, 5) is 31.4. The van der Waals surface area contributed by atoms with Gasteiger partial charge in [0.2, 0.25) is 15.9 Å². The highest BCUT2D eigenvalue weighted by Crippen LogP contribution is 2.22. The van der Waals surface area contributed by atoms with Crippen molar-refractivity contribution in [2.75, 3.05) is 13.7 Å². The van der Waals surface area contributed by atoms with Crippen molar-refractivity contribution in [3.63, 3.8) is 0 Å². The van der Waals surface area contributed by atoms with Gasteiger partial charge in [-0.15, -0.1) is 0 Å². The summed E-state index contributed by atoms with van der Waals surface area (Å²) in [7, 11) is -2.51. The van der Waals surface area contributed by atoms with Crippen LogP contribution >= 0.6 is 0 Å². The number of esters is 1. The van der Waals surface area contributed by atoms with Crippen molar-refractivity contribution < 1.29 is 22.7 Å². The second kappa shape index (κ2) is 15.1. The van der Waals surface area contributed by atoms with E-state index in [-0.39, 0.29) is 29.7 Å². The Morgan fingerprint density at radius 1 is 0.909 bits per heavy atom. The molecule has 1 aromatic heterocycles. The Labute approximate surface area is 259 Å². The van der Waals surface area contributed by atoms with Gasteiger partial charge in [-0.2, -0.15) is 0 Å². The minimum Gasteiger partial charge on any atom is -0.468 e. The highest BCUT2D eigenvalue weighted by molar-refractivity contribution is 7.89. The van der Waals surface area contributed by atoms with Gasteiger partial charge in [-0.3, -0.25) is 14.9 Å². The average Bonchev–Trinajstić information content (AvgIpc) is 3.44. The largest absolute Gasteiger partial charge is 0.468 e. The van der Waals surface area contributed by atoms with Crippen molar-refractivity contribution in [1.82, 2.24) is 24.9 Å². The summed E-state index contributed by atoms with van der Waals surface area (Å²) in [5.74, 6) is -0.844. The van der Waals surface area contributed by atoms with Gasteiger partial charge in [-0.1, -0.05) is 74.0 Å². The fraction of sp³-hybridized carbons (Fsp3) is 0.364. The first-order chi connectivity index (χ1) is 21.1. The van der Waals surface area contributed by atoms with Crippen molar-refractivity contribution in [1.29, 1.82) is 0 Å². The third-order valence-corrected chi connectivity index (χ3v) is 9.00. The number of aromatic nitrogens is 2. The molecule has 44 heavy (non-hydrogen) atoms. The van der Waals surface area contributed by atoms with E-state index in [1.165, 1.54) is 19.2 Å². The normalized spacial score (nSPS) is 13.8. The third-order valence-electron chi connectivity index (χ3n) is 7.53. The monoisotopic (exact) mass is 619 g/mol. The second-order valence-corrected chi connectivity index (χ2v) is 12.9. The zero-order chi connectivity index (χ0) is 31.7. The Morgan fingerprint density at radius 3 is 2.27 bits per heavy atom. The lowest BCUT2D eigenvalue weighted by Crippen LogP contribution is -2.53. The molecular formula is C33H41N5O5S. The van der Waals surface area contributed by atoms with Crippen LogP contribution in [0.4, 0.5) is 0 Å². The number of ether oxygens (including phenoxy) is 1. The molecule has 0 aliphatic carbocycles. The first-order valence-corrected chi connectivity index (χ1v) is 16.2. The van der Waals surface area contributed by atoms with E-state index in [9.17, 15) is 18.0 Å². The molecule has 0 spiro atoms. The number of aryl methyl sites for hydroxylation is 2. The Balaban J connectivity index is 1.52. The van der Waals surface area contributed by atoms with Gasteiger partial charge in [0, 0.05) is 6.54 Å². The topological polar surface area (TPSA) is 131 Å². The maximum absolute atomic E-state index is 13.9. The van der Waals surface area contributed by atoms with Crippen LogP contribution in [0.5, 0.6) is 0 Å². The maximum Gasteiger partial charge on any atom is 0.322 e. The number of para-hydroxylation sites is 2. The van der Waals surface area contributed by atoms with Crippen molar-refractivity contribution in [2.24, 2.45) is 5.92 Å². The van der Waals surface area contributed by atoms with Crippen molar-refractivity contribution in [2.45, 2.75) is 63.2 Å². The van der Waals surface area contributed by atoms with Gasteiger partial charge in [0.05, 0.1) is 35.4 Å². The fourth-order valence-electron chi connectivity index (χ4n) is 5.04. The standard InChI is InChI=1S/C33H41N5O5S/c1-23(2)31(38-22-34-27-12-8-9-13-30(27)38)37-32(39)28(19-16-25-10-6-5-7-11-25)36-29(33(40)43-4)20-21-35-44(41,42)26-17-14-24(3)15-18-26/h5-15,17-18,22-23,28-29,31,35-36H,16,19-21H2,1-4H3,(H,37,39)/t28-,29+,31-/m0/s1. The quantitative estimate of drug-likeness (QED) is 0.171. The number of hydrogen-bond acceptors (Lipinski definition) is 7. The number of fused-ring (bicyclic) bond motifs is 1. The lowest BCUT2D eigenvalue weighted by Gasteiger charge is -2.29. The number of nitrogens with zero attached hydrogens (tertiary/aromatic N) is 2. The molecule has 0 fully saturated rings. The molecule has 0 unspecified atom stereocenters. The van der Waals surface area contributed by atoms with Gasteiger partial charge < -0.3 is 14.6 Å². The molecule has 11 heteroatoms. The van der Waals surface area contributed by atoms with E-state index in [0.29, 0.717) is 12.8 Å². The van der Waals surface area contributed by atoms with Crippen molar-refractivity contribution in [3.8, 4) is 0 Å². The van der Waals surface area contributed by atoms with E-state index in [0.717, 1.165) is 22.2 Å². The number of nitrogens with one attached hydrogen (secondary N) is 3. The number of sulfonamides is 1. The van der Waals surface area contributed by atoms with Crippen LogP contribution in [-0.4, -0.2) is 55.6 Å². The lowest BCUT2D eigenvalue weighted by molar-refractivity contribution is -0.143. The summed E-state index contributed by atoms with van der Waals surface area (Å²) >= 11 is 0. The van der Waals surface area contributed by atoms with Crippen LogP contribution in [0.3, 0.4) is 0 Å². The summed E-state index contributed by atoms with van der Waals surface area (Å²) in [6.07, 6.45) is 2.38. The van der Waals surface area contributed by atoms with E-state index < -0.39 is 34.2 Å². The molecule has 10 nitrogen and oxygen atoms in total. The molecule has 0 saturated heterocycles. The van der Waals surface area contributed by atoms with E-state index in [4.69, 9.17) is 4.74 Å². The predicted molar refractivity (Wildman–Crippen MR) is 170 cm³/mol. The van der Waals surface area contributed by atoms with Gasteiger partial charge in [-0.05, 0) is 61.9 Å². The molecule has 234 valence electrons. The van der Waals surface area contributed by atoms with E-state index >= 15 is 0 Å². The van der Waals surface area contributed by atoms with Crippen LogP contribution in [0.25, 0.3) is 11.0 Å². The Bertz CT molecular complexity index is 1640. The van der Waals surface area contributed by atoms with Crippen LogP contribution < -0.4 is 15.4 Å². The summed E-state index contributed by atoms with van der Waals surface area (Å²) in [5.41, 5.74) is 3.71. The molecular weight excluding hydrogens is 578 g/mol. The minimum absolute atomic E-state index is 0.0268. The average molecular weight is 620 g/mol. The number of benzene rings is 3. The fourth-order valence-corrected chi connectivity index (χ4v) is 6.09. The number of rotatable bonds is 15. The molecule has 4 aromatic rings. The van der Waals surface area contributed by atoms with Gasteiger partial charge in [0.15, 0.2) is 0 Å². The van der Waals surface area contributed by atoms with Crippen LogP contribution in [-0.2, 0) is 30.8 Å². The molecule has 1 amide bonds. The van der Waals surface area contributed by atoms with Crippen LogP contribution in [0.15, 0.2) is 90.1 Å². The van der Waals surface area contributed by atoms with Gasteiger partial charge in [0.1, 0.15) is 12.2 Å². The first-order valence-electron chi connectivity index (χ1n) is 14.7. The number of methoxy groups -OCH3 is 1. The highest BCUT2D eigenvalue weighted by atomic mass is 32.2. The SMILES string of the molecule is COC(=O)[C@@H](CCNS(=O)(=O)c1ccc(C)cc1)N[C@@H](CCc1ccccc1)C(=O)N[C@H](C(C)C)n1cnc2ccccc21. The Hall–Kier alpha value is -4.06. The summed E-state index contributed by atoms with van der Waals surface area (Å²) in [5, 5.41) is 6.36. The highest BCUT2D eigenvalue weighted by Gasteiger charge is 2.30. The maximum atomic E-state index is 13.9. The zero-order valence-corrected chi connectivity index (χ0v) is 26.4. The molecule has 3 aromatic carbocycles. The van der Waals surface area contributed by atoms with Crippen molar-refractivity contribution >= 4 is 32.9 Å². The molecule has 0 bridgehead atoms. The number of carbonyl (C=O) groups is 2. The zero-order valence-electron chi connectivity index (χ0n) is 25.6. The molecule has 1 heterocycles. The molecule has 0 aliphatic rings. The van der Waals surface area contributed by atoms with Gasteiger partial charge in [-0.25, -0.2) is 18.1 Å². The predicted octanol–water partition coefficient (Wildman–Crippen LogP) is 4.12. The van der Waals surface area contributed by atoms with Gasteiger partial charge in [0.25, 0.3) is 0 Å². The summed E-state index contributed by atoms with van der Waals surface area (Å²) in [6.45, 7) is 5.88. The van der Waals surface area contributed by atoms with Crippen LogP contribution in [0.2, 0.25) is 0 Å². The molecule has 4 rings (SSSR count). The molecule has 3 N–H and O–H groups in total. The Morgan fingerprint density at radius 2 is 1.59 bits per heavy atom. The molecule has 0 aliphatic heterocycles. The number of carbonyl (C=O) groups excluding carboxylic acids is 2. The summed E-state index contributed by atoms with van der Waals surface area (Å²) < 4.78 is 35.2. The smallest absolute Gasteiger partial charge is 0.322 e. The van der Waals surface area contributed by atoms with Gasteiger partial charge >= 0.3 is 5.97 Å². The van der Waals surface area contributed by atoms with Crippen molar-refractivity contribution in [3.05, 3.63) is 96.3 Å². The minimum atomic E-state index is -3.78. The second-order valence-electron chi connectivity index (χ2n) is 11.2. The third kappa shape index (κ3) is 8.52. The molecule has 3 atom stereocenters. The molecule has 0 radical (unpaired) electrons. The van der Waals surface area contributed by atoms with E-state index in [1.807, 2.05) is 79.9 Å². The van der Waals surface area contributed by atoms with Crippen LogP contribution in [0.1, 0.15) is 44.0 Å². The summed E-state index contributed by atoms with van der Waals surface area (Å²) in [6, 6.07) is 22.3. The van der Waals surface area contributed by atoms with Crippen LogP contribution in [0, 0.1) is 12.8 Å². The van der Waals surface area contributed by atoms with E-state index in [1.54, 1.807) is 18.5 Å². The van der Waals surface area contributed by atoms with E-state index in [2.05, 4.69) is 20.3 Å². The number of hydrogen-bond donors (Lipinski definition) is 3. The number of amides is 1. The molecule has 0 saturated carbocycles. The Kier molecular flexibility index (Phi) is 11.3.